The SMILES string of the molecule is O=C(NCc1noc([C@@H]2CCCO2)n1)Nc1ccnn1Cc1cccs1. The van der Waals surface area contributed by atoms with Gasteiger partial charge in [0.25, 0.3) is 5.89 Å². The largest absolute Gasteiger partial charge is 0.368 e. The molecule has 0 radical (unpaired) electrons. The summed E-state index contributed by atoms with van der Waals surface area (Å²) in [5.41, 5.74) is 0. The lowest BCUT2D eigenvalue weighted by atomic mass is 10.2. The number of hydrogen-bond donors (Lipinski definition) is 2. The summed E-state index contributed by atoms with van der Waals surface area (Å²) in [6.45, 7) is 1.49. The fourth-order valence-electron chi connectivity index (χ4n) is 2.68. The van der Waals surface area contributed by atoms with Gasteiger partial charge in [0.1, 0.15) is 11.9 Å². The Bertz CT molecular complexity index is 853. The topological polar surface area (TPSA) is 107 Å². The van der Waals surface area contributed by atoms with Crippen LogP contribution in [0, 0.1) is 0 Å². The van der Waals surface area contributed by atoms with Crippen molar-refractivity contribution in [3.05, 3.63) is 46.4 Å². The molecule has 4 rings (SSSR count). The van der Waals surface area contributed by atoms with E-state index in [1.807, 2.05) is 17.5 Å². The molecule has 3 aromatic heterocycles. The van der Waals surface area contributed by atoms with Gasteiger partial charge in [-0.05, 0) is 24.3 Å². The van der Waals surface area contributed by atoms with Crippen LogP contribution < -0.4 is 10.6 Å². The van der Waals surface area contributed by atoms with E-state index in [1.165, 1.54) is 0 Å². The molecular formula is C16H18N6O3S. The van der Waals surface area contributed by atoms with Crippen molar-refractivity contribution >= 4 is 23.2 Å². The van der Waals surface area contributed by atoms with Gasteiger partial charge in [-0.15, -0.1) is 11.3 Å². The van der Waals surface area contributed by atoms with Crippen LogP contribution in [0.4, 0.5) is 10.6 Å². The number of ether oxygens (including phenoxy) is 1. The fourth-order valence-corrected chi connectivity index (χ4v) is 3.36. The van der Waals surface area contributed by atoms with Gasteiger partial charge >= 0.3 is 6.03 Å². The lowest BCUT2D eigenvalue weighted by molar-refractivity contribution is 0.0835. The van der Waals surface area contributed by atoms with E-state index in [0.717, 1.165) is 17.7 Å². The van der Waals surface area contributed by atoms with Crippen molar-refractivity contribution < 1.29 is 14.1 Å². The van der Waals surface area contributed by atoms with Gasteiger partial charge in [0.05, 0.1) is 19.3 Å². The van der Waals surface area contributed by atoms with Crippen LogP contribution in [0.1, 0.15) is 35.5 Å². The van der Waals surface area contributed by atoms with Gasteiger partial charge in [0, 0.05) is 17.6 Å². The molecule has 1 aliphatic heterocycles. The highest BCUT2D eigenvalue weighted by molar-refractivity contribution is 7.09. The maximum Gasteiger partial charge on any atom is 0.320 e. The zero-order valence-corrected chi connectivity index (χ0v) is 14.7. The number of urea groups is 1. The molecule has 136 valence electrons. The smallest absolute Gasteiger partial charge is 0.320 e. The first-order valence-corrected chi connectivity index (χ1v) is 9.19. The molecule has 26 heavy (non-hydrogen) atoms. The molecule has 9 nitrogen and oxygen atoms in total. The molecule has 0 unspecified atom stereocenters. The van der Waals surface area contributed by atoms with Crippen molar-refractivity contribution in [2.75, 3.05) is 11.9 Å². The molecule has 4 heterocycles. The lowest BCUT2D eigenvalue weighted by Crippen LogP contribution is -2.29. The van der Waals surface area contributed by atoms with Gasteiger partial charge in [-0.25, -0.2) is 9.48 Å². The number of anilines is 1. The first kappa shape index (κ1) is 16.7. The third-order valence-corrected chi connectivity index (χ3v) is 4.80. The van der Waals surface area contributed by atoms with Crippen LogP contribution in [0.25, 0.3) is 0 Å². The van der Waals surface area contributed by atoms with Crippen LogP contribution in [0.5, 0.6) is 0 Å². The number of nitrogens with one attached hydrogen (secondary N) is 2. The van der Waals surface area contributed by atoms with Crippen LogP contribution in [0.3, 0.4) is 0 Å². The van der Waals surface area contributed by atoms with Crippen LogP contribution in [0.15, 0.2) is 34.3 Å². The molecule has 2 amide bonds. The fraction of sp³-hybridized carbons (Fsp3) is 0.375. The molecule has 0 saturated carbocycles. The van der Waals surface area contributed by atoms with Gasteiger partial charge in [-0.3, -0.25) is 5.32 Å². The third-order valence-electron chi connectivity index (χ3n) is 3.94. The molecule has 1 fully saturated rings. The van der Waals surface area contributed by atoms with E-state index in [4.69, 9.17) is 9.26 Å². The molecule has 0 aliphatic carbocycles. The highest BCUT2D eigenvalue weighted by Crippen LogP contribution is 2.26. The van der Waals surface area contributed by atoms with E-state index in [1.54, 1.807) is 28.3 Å². The summed E-state index contributed by atoms with van der Waals surface area (Å²) in [6, 6.07) is 5.40. The Morgan fingerprint density at radius 2 is 2.38 bits per heavy atom. The van der Waals surface area contributed by atoms with Crippen LogP contribution in [-0.2, 0) is 17.8 Å². The highest BCUT2D eigenvalue weighted by atomic mass is 32.1. The monoisotopic (exact) mass is 374 g/mol. The molecule has 2 N–H and O–H groups in total. The maximum absolute atomic E-state index is 12.1. The molecule has 10 heteroatoms. The predicted octanol–water partition coefficient (Wildman–Crippen LogP) is 2.55. The van der Waals surface area contributed by atoms with Gasteiger partial charge in [0.15, 0.2) is 5.82 Å². The van der Waals surface area contributed by atoms with Crippen LogP contribution in [-0.4, -0.2) is 32.6 Å². The second-order valence-corrected chi connectivity index (χ2v) is 6.84. The average Bonchev–Trinajstić information content (AvgIpc) is 3.42. The number of carbonyl (C=O) groups is 1. The zero-order valence-electron chi connectivity index (χ0n) is 13.9. The number of carbonyl (C=O) groups excluding carboxylic acids is 1. The molecule has 3 aromatic rings. The molecule has 0 bridgehead atoms. The predicted molar refractivity (Wildman–Crippen MR) is 93.7 cm³/mol. The van der Waals surface area contributed by atoms with Gasteiger partial charge in [-0.1, -0.05) is 11.2 Å². The summed E-state index contributed by atoms with van der Waals surface area (Å²) in [6.07, 6.45) is 3.39. The van der Waals surface area contributed by atoms with Crippen molar-refractivity contribution in [1.29, 1.82) is 0 Å². The van der Waals surface area contributed by atoms with E-state index in [0.29, 0.717) is 30.7 Å². The number of hydrogen-bond acceptors (Lipinski definition) is 7. The molecule has 0 spiro atoms. The normalized spacial score (nSPS) is 16.7. The summed E-state index contributed by atoms with van der Waals surface area (Å²) in [5.74, 6) is 1.50. The van der Waals surface area contributed by atoms with Crippen molar-refractivity contribution in [3.8, 4) is 0 Å². The second-order valence-electron chi connectivity index (χ2n) is 5.81. The number of nitrogens with zero attached hydrogens (tertiary/aromatic N) is 4. The Hall–Kier alpha value is -2.72. The van der Waals surface area contributed by atoms with E-state index in [2.05, 4.69) is 25.9 Å². The Morgan fingerprint density at radius 3 is 3.19 bits per heavy atom. The molecule has 0 aromatic carbocycles. The highest BCUT2D eigenvalue weighted by Gasteiger charge is 2.23. The van der Waals surface area contributed by atoms with Crippen LogP contribution in [0.2, 0.25) is 0 Å². The minimum atomic E-state index is -0.360. The quantitative estimate of drug-likeness (QED) is 0.687. The summed E-state index contributed by atoms with van der Waals surface area (Å²) in [5, 5.41) is 15.6. The lowest BCUT2D eigenvalue weighted by Gasteiger charge is -2.08. The second kappa shape index (κ2) is 7.67. The average molecular weight is 374 g/mol. The van der Waals surface area contributed by atoms with Crippen molar-refractivity contribution in [1.82, 2.24) is 25.2 Å². The van der Waals surface area contributed by atoms with Crippen molar-refractivity contribution in [2.45, 2.75) is 32.0 Å². The summed E-state index contributed by atoms with van der Waals surface area (Å²) in [7, 11) is 0. The summed E-state index contributed by atoms with van der Waals surface area (Å²) < 4.78 is 12.4. The number of thiophene rings is 1. The summed E-state index contributed by atoms with van der Waals surface area (Å²) in [4.78, 5) is 17.6. The maximum atomic E-state index is 12.1. The minimum absolute atomic E-state index is 0.128. The number of rotatable bonds is 6. The first-order chi connectivity index (χ1) is 12.8. The Balaban J connectivity index is 1.30. The molecule has 1 saturated heterocycles. The number of amides is 2. The summed E-state index contributed by atoms with van der Waals surface area (Å²) >= 11 is 1.64. The molecule has 1 aliphatic rings. The van der Waals surface area contributed by atoms with E-state index in [9.17, 15) is 4.79 Å². The first-order valence-electron chi connectivity index (χ1n) is 8.31. The standard InChI is InChI=1S/C16H18N6O3S/c23-16(17-9-13-19-15(25-21-13)12-4-1-7-24-12)20-14-5-6-18-22(14)10-11-3-2-8-26-11/h2-3,5-6,8,12H,1,4,7,9-10H2,(H2,17,20,23)/t12-/m0/s1. The van der Waals surface area contributed by atoms with Gasteiger partial charge in [0.2, 0.25) is 0 Å². The Kier molecular flexibility index (Phi) is 4.93. The number of aromatic nitrogens is 4. The molecular weight excluding hydrogens is 356 g/mol. The van der Waals surface area contributed by atoms with Gasteiger partial charge in [-0.2, -0.15) is 10.1 Å². The zero-order chi connectivity index (χ0) is 17.8. The Labute approximate surface area is 153 Å². The van der Waals surface area contributed by atoms with E-state index in [-0.39, 0.29) is 18.7 Å². The minimum Gasteiger partial charge on any atom is -0.368 e. The Morgan fingerprint density at radius 1 is 1.42 bits per heavy atom. The van der Waals surface area contributed by atoms with Crippen molar-refractivity contribution in [3.63, 3.8) is 0 Å². The van der Waals surface area contributed by atoms with E-state index < -0.39 is 0 Å². The van der Waals surface area contributed by atoms with Gasteiger partial charge < -0.3 is 14.6 Å². The van der Waals surface area contributed by atoms with E-state index >= 15 is 0 Å². The van der Waals surface area contributed by atoms with Crippen molar-refractivity contribution in [2.24, 2.45) is 0 Å². The van der Waals surface area contributed by atoms with Crippen LogP contribution >= 0.6 is 11.3 Å². The third kappa shape index (κ3) is 3.92. The molecule has 1 atom stereocenters.